The average molecular weight is 451 g/mol. The average Bonchev–Trinajstić information content (AvgIpc) is 2.75. The lowest BCUT2D eigenvalue weighted by atomic mass is 9.48. The van der Waals surface area contributed by atoms with E-state index in [0.29, 0.717) is 12.5 Å². The maximum Gasteiger partial charge on any atom is 0.196 e. The number of ether oxygens (including phenoxy) is 2. The van der Waals surface area contributed by atoms with Gasteiger partial charge in [-0.05, 0) is 75.4 Å². The van der Waals surface area contributed by atoms with E-state index >= 15 is 0 Å². The Morgan fingerprint density at radius 2 is 1.81 bits per heavy atom. The van der Waals surface area contributed by atoms with Crippen LogP contribution >= 0.6 is 0 Å². The highest BCUT2D eigenvalue weighted by atomic mass is 28.4. The van der Waals surface area contributed by atoms with Gasteiger partial charge in [-0.15, -0.1) is 6.58 Å². The van der Waals surface area contributed by atoms with Crippen LogP contribution in [0.15, 0.2) is 24.5 Å². The predicted molar refractivity (Wildman–Crippen MR) is 130 cm³/mol. The number of hydrogen-bond acceptors (Lipinski definition) is 4. The van der Waals surface area contributed by atoms with Crippen molar-refractivity contribution < 1.29 is 18.7 Å². The third-order valence-electron chi connectivity index (χ3n) is 8.45. The third-order valence-corrected chi connectivity index (χ3v) is 13.1. The van der Waals surface area contributed by atoms with Gasteiger partial charge in [0, 0.05) is 17.6 Å². The zero-order valence-electron chi connectivity index (χ0n) is 21.1. The zero-order valence-corrected chi connectivity index (χ0v) is 22.1. The number of ketones is 1. The van der Waals surface area contributed by atoms with Crippen molar-refractivity contribution in [1.82, 2.24) is 0 Å². The van der Waals surface area contributed by atoms with Gasteiger partial charge in [0.15, 0.2) is 20.4 Å². The van der Waals surface area contributed by atoms with Crippen LogP contribution < -0.4 is 0 Å². The highest BCUT2D eigenvalue weighted by Gasteiger charge is 2.59. The molecule has 178 valence electrons. The summed E-state index contributed by atoms with van der Waals surface area (Å²) in [5, 5.41) is 0. The molecule has 4 nitrogen and oxygen atoms in total. The summed E-state index contributed by atoms with van der Waals surface area (Å²) in [4.78, 5) is 13.7. The molecule has 2 aliphatic rings. The van der Waals surface area contributed by atoms with Crippen molar-refractivity contribution in [1.29, 1.82) is 0 Å². The molecular weight excluding hydrogens is 404 g/mol. The summed E-state index contributed by atoms with van der Waals surface area (Å²) in [6.45, 7) is 19.9. The van der Waals surface area contributed by atoms with E-state index in [9.17, 15) is 4.79 Å². The molecule has 0 aromatic carbocycles. The zero-order chi connectivity index (χ0) is 23.3. The molecule has 2 saturated carbocycles. The molecular formula is C26H46O4Si. The molecule has 5 atom stereocenters. The lowest BCUT2D eigenvalue weighted by Gasteiger charge is -2.58. The van der Waals surface area contributed by atoms with Crippen molar-refractivity contribution in [2.75, 3.05) is 6.61 Å². The molecule has 1 unspecified atom stereocenters. The van der Waals surface area contributed by atoms with E-state index in [0.717, 1.165) is 55.8 Å². The van der Waals surface area contributed by atoms with Crippen LogP contribution in [-0.2, 0) is 18.7 Å². The number of allylic oxidation sites excluding steroid dienone is 2. The fourth-order valence-electron chi connectivity index (χ4n) is 6.23. The molecule has 0 aliphatic heterocycles. The van der Waals surface area contributed by atoms with E-state index in [1.165, 1.54) is 0 Å². The van der Waals surface area contributed by atoms with Crippen LogP contribution in [0.3, 0.4) is 0 Å². The number of carbonyl (C=O) groups excluding carboxylic acids is 1. The van der Waals surface area contributed by atoms with Crippen LogP contribution in [0.5, 0.6) is 0 Å². The normalized spacial score (nSPS) is 33.8. The maximum atomic E-state index is 13.7. The second-order valence-corrected chi connectivity index (χ2v) is 14.8. The smallest absolute Gasteiger partial charge is 0.196 e. The highest BCUT2D eigenvalue weighted by Crippen LogP contribution is 2.60. The first-order valence-corrected chi connectivity index (χ1v) is 15.0. The summed E-state index contributed by atoms with van der Waals surface area (Å²) in [5.74, 6) is 0.550. The quantitative estimate of drug-likeness (QED) is 0.111. The van der Waals surface area contributed by atoms with Crippen LogP contribution in [-0.4, -0.2) is 33.1 Å². The molecule has 0 N–H and O–H groups in total. The molecule has 5 heteroatoms. The van der Waals surface area contributed by atoms with Crippen LogP contribution in [0.1, 0.15) is 80.6 Å². The van der Waals surface area contributed by atoms with Crippen molar-refractivity contribution in [2.24, 2.45) is 16.7 Å². The molecule has 0 heterocycles. The molecule has 0 saturated heterocycles. The number of hydrogen-bond donors (Lipinski definition) is 0. The Bertz CT molecular complexity index is 648. The fraction of sp³-hybridized carbons (Fsp3) is 0.808. The molecule has 2 fully saturated rings. The SMILES string of the molecule is C=CC[C@]1(C)[C@H](O[Si](CC)(CC)CC)CC[C@]2(C)C(=O)/C(=C\OC(C)OCC)CC[C@@H]12. The van der Waals surface area contributed by atoms with Gasteiger partial charge in [0.2, 0.25) is 0 Å². The molecule has 31 heavy (non-hydrogen) atoms. The minimum atomic E-state index is -1.73. The number of rotatable bonds is 11. The van der Waals surface area contributed by atoms with Crippen molar-refractivity contribution in [3.8, 4) is 0 Å². The molecule has 0 amide bonds. The Morgan fingerprint density at radius 1 is 1.16 bits per heavy atom. The van der Waals surface area contributed by atoms with Crippen molar-refractivity contribution in [3.63, 3.8) is 0 Å². The van der Waals surface area contributed by atoms with Crippen LogP contribution in [0.25, 0.3) is 0 Å². The standard InChI is InChI=1S/C26H46O4Si/c1-9-17-25(7)22-15-14-21(19-29-20(6)28-10-2)24(27)26(22,8)18-16-23(25)30-31(11-3,12-4)13-5/h9,19-20,22-23H,1,10-18H2,2-8H3/b21-19-/t20?,22-,23+,25-,26-/m0/s1. The first-order chi connectivity index (χ1) is 14.7. The van der Waals surface area contributed by atoms with Crippen molar-refractivity contribution in [3.05, 3.63) is 24.5 Å². The van der Waals surface area contributed by atoms with Crippen molar-refractivity contribution >= 4 is 14.1 Å². The Hall–Kier alpha value is -0.913. The van der Waals surface area contributed by atoms with Gasteiger partial charge in [-0.1, -0.05) is 40.7 Å². The third kappa shape index (κ3) is 5.20. The van der Waals surface area contributed by atoms with Gasteiger partial charge in [-0.25, -0.2) is 0 Å². The Labute approximate surface area is 191 Å². The summed E-state index contributed by atoms with van der Waals surface area (Å²) in [5.41, 5.74) is 0.382. The molecule has 0 spiro atoms. The minimum Gasteiger partial charge on any atom is -0.472 e. The molecule has 0 bridgehead atoms. The number of carbonyl (C=O) groups is 1. The van der Waals surface area contributed by atoms with Gasteiger partial charge in [-0.2, -0.15) is 0 Å². The second kappa shape index (κ2) is 10.8. The van der Waals surface area contributed by atoms with E-state index in [1.807, 2.05) is 19.9 Å². The molecule has 2 aliphatic carbocycles. The summed E-state index contributed by atoms with van der Waals surface area (Å²) in [6.07, 6.45) is 8.06. The summed E-state index contributed by atoms with van der Waals surface area (Å²) in [7, 11) is -1.73. The largest absolute Gasteiger partial charge is 0.472 e. The lowest BCUT2D eigenvalue weighted by molar-refractivity contribution is -0.150. The van der Waals surface area contributed by atoms with Gasteiger partial charge in [0.05, 0.1) is 12.4 Å². The van der Waals surface area contributed by atoms with Gasteiger partial charge in [0.25, 0.3) is 0 Å². The Morgan fingerprint density at radius 3 is 2.35 bits per heavy atom. The Kier molecular flexibility index (Phi) is 9.18. The number of fused-ring (bicyclic) bond motifs is 1. The van der Waals surface area contributed by atoms with Crippen LogP contribution in [0.2, 0.25) is 18.1 Å². The van der Waals surface area contributed by atoms with Gasteiger partial charge < -0.3 is 13.9 Å². The summed E-state index contributed by atoms with van der Waals surface area (Å²) < 4.78 is 18.2. The van der Waals surface area contributed by atoms with Crippen LogP contribution in [0, 0.1) is 16.7 Å². The maximum absolute atomic E-state index is 13.7. The van der Waals surface area contributed by atoms with E-state index in [2.05, 4.69) is 41.2 Å². The minimum absolute atomic E-state index is 0.0623. The predicted octanol–water partition coefficient (Wildman–Crippen LogP) is 7.02. The van der Waals surface area contributed by atoms with Gasteiger partial charge in [-0.3, -0.25) is 4.79 Å². The summed E-state index contributed by atoms with van der Waals surface area (Å²) >= 11 is 0. The fourth-order valence-corrected chi connectivity index (χ4v) is 9.22. The first-order valence-electron chi connectivity index (χ1n) is 12.5. The second-order valence-electron chi connectivity index (χ2n) is 10.0. The molecule has 0 aromatic rings. The monoisotopic (exact) mass is 450 g/mol. The van der Waals surface area contributed by atoms with Crippen LogP contribution in [0.4, 0.5) is 0 Å². The summed E-state index contributed by atoms with van der Waals surface area (Å²) in [6, 6.07) is 3.47. The molecule has 2 rings (SSSR count). The number of Topliss-reactive ketones (excluding diaryl/α,β-unsaturated/α-hetero) is 1. The van der Waals surface area contributed by atoms with Crippen molar-refractivity contribution in [2.45, 2.75) is 111 Å². The van der Waals surface area contributed by atoms with E-state index in [4.69, 9.17) is 13.9 Å². The first kappa shape index (κ1) is 26.3. The molecule has 0 aromatic heterocycles. The van der Waals surface area contributed by atoms with E-state index in [-0.39, 0.29) is 29.0 Å². The van der Waals surface area contributed by atoms with Gasteiger partial charge >= 0.3 is 0 Å². The van der Waals surface area contributed by atoms with E-state index < -0.39 is 8.32 Å². The Balaban J connectivity index is 2.31. The lowest BCUT2D eigenvalue weighted by Crippen LogP contribution is -2.59. The molecule has 0 radical (unpaired) electrons. The topological polar surface area (TPSA) is 44.8 Å². The van der Waals surface area contributed by atoms with E-state index in [1.54, 1.807) is 6.26 Å². The van der Waals surface area contributed by atoms with Gasteiger partial charge in [0.1, 0.15) is 0 Å². The highest BCUT2D eigenvalue weighted by molar-refractivity contribution is 6.73.